The van der Waals surface area contributed by atoms with Crippen LogP contribution in [0.1, 0.15) is 5.56 Å². The maximum Gasteiger partial charge on any atom is 0.213 e. The predicted molar refractivity (Wildman–Crippen MR) is 66.0 cm³/mol. The molecule has 0 N–H and O–H groups in total. The van der Waals surface area contributed by atoms with E-state index in [4.69, 9.17) is 0 Å². The first-order chi connectivity index (χ1) is 8.31. The zero-order valence-electron chi connectivity index (χ0n) is 9.41. The second-order valence-corrected chi connectivity index (χ2v) is 3.45. The van der Waals surface area contributed by atoms with Crippen LogP contribution in [0.3, 0.4) is 0 Å². The smallest absolute Gasteiger partial charge is 0.213 e. The molecule has 2 aromatic rings. The van der Waals surface area contributed by atoms with Gasteiger partial charge in [-0.25, -0.2) is 0 Å². The van der Waals surface area contributed by atoms with E-state index in [9.17, 15) is 5.21 Å². The first-order valence-electron chi connectivity index (χ1n) is 5.17. The van der Waals surface area contributed by atoms with Crippen LogP contribution in [-0.4, -0.2) is 12.0 Å². The third-order valence-corrected chi connectivity index (χ3v) is 2.37. The highest BCUT2D eigenvalue weighted by molar-refractivity contribution is 5.90. The lowest BCUT2D eigenvalue weighted by molar-refractivity contribution is -0.490. The first kappa shape index (κ1) is 11.1. The van der Waals surface area contributed by atoms with Crippen molar-refractivity contribution in [2.24, 2.45) is 5.28 Å². The van der Waals surface area contributed by atoms with Gasteiger partial charge in [0.15, 0.2) is 0 Å². The van der Waals surface area contributed by atoms with E-state index in [1.165, 1.54) is 13.3 Å². The van der Waals surface area contributed by atoms with Gasteiger partial charge in [0.05, 0.1) is 0 Å². The average molecular weight is 228 g/mol. The molecule has 2 rings (SSSR count). The highest BCUT2D eigenvalue weighted by atomic mass is 16.7. The van der Waals surface area contributed by atoms with Crippen LogP contribution in [0, 0.1) is 5.21 Å². The fourth-order valence-corrected chi connectivity index (χ4v) is 1.65. The molecule has 86 valence electrons. The Bertz CT molecular complexity index is 571. The van der Waals surface area contributed by atoms with Crippen LogP contribution in [0.4, 0.5) is 0 Å². The second-order valence-electron chi connectivity index (χ2n) is 3.45. The number of hydrogen-bond donors (Lipinski definition) is 0. The molecule has 4 nitrogen and oxygen atoms in total. The molecule has 0 amide bonds. The molecular weight excluding hydrogens is 216 g/mol. The zero-order chi connectivity index (χ0) is 12.1. The third kappa shape index (κ3) is 2.60. The molecule has 4 heteroatoms. The van der Waals surface area contributed by atoms with E-state index >= 15 is 0 Å². The number of hydrogen-bond acceptors (Lipinski definition) is 3. The predicted octanol–water partition coefficient (Wildman–Crippen LogP) is 3.33. The standard InChI is InChI=1S/C13H12N2O2/c1-17-14-15(16)10-9-12-7-4-6-11-5-2-3-8-13(11)12/h2-10H,1H3/b10-9+,15-14+. The summed E-state index contributed by atoms with van der Waals surface area (Å²) in [5.41, 5.74) is 0.968. The van der Waals surface area contributed by atoms with Crippen LogP contribution in [0.5, 0.6) is 0 Å². The van der Waals surface area contributed by atoms with Crippen LogP contribution < -0.4 is 0 Å². The van der Waals surface area contributed by atoms with Crippen molar-refractivity contribution in [2.75, 3.05) is 7.11 Å². The number of hydroxylamine groups is 1. The van der Waals surface area contributed by atoms with Crippen LogP contribution in [0.25, 0.3) is 16.8 Å². The van der Waals surface area contributed by atoms with E-state index in [1.807, 2.05) is 42.5 Å². The Morgan fingerprint density at radius 1 is 1.18 bits per heavy atom. The SMILES string of the molecule is CO/N=[N+]([O-])\C=C\c1cccc2ccccc12. The minimum Gasteiger partial charge on any atom is -0.592 e. The molecule has 0 aromatic heterocycles. The Morgan fingerprint density at radius 3 is 2.76 bits per heavy atom. The molecule has 0 unspecified atom stereocenters. The molecular formula is C13H12N2O2. The minimum absolute atomic E-state index is 0.377. The van der Waals surface area contributed by atoms with E-state index in [-0.39, 0.29) is 0 Å². The highest BCUT2D eigenvalue weighted by Gasteiger charge is 1.97. The Hall–Kier alpha value is -2.36. The molecule has 0 radical (unpaired) electrons. The Morgan fingerprint density at radius 2 is 1.94 bits per heavy atom. The number of rotatable bonds is 3. The van der Waals surface area contributed by atoms with Gasteiger partial charge in [-0.05, 0) is 21.2 Å². The van der Waals surface area contributed by atoms with E-state index < -0.39 is 0 Å². The number of fused-ring (bicyclic) bond motifs is 1. The molecule has 0 saturated heterocycles. The summed E-state index contributed by atoms with van der Waals surface area (Å²) in [5.74, 6) is 0. The lowest BCUT2D eigenvalue weighted by atomic mass is 10.0. The second kappa shape index (κ2) is 5.12. The first-order valence-corrected chi connectivity index (χ1v) is 5.17. The van der Waals surface area contributed by atoms with Gasteiger partial charge in [-0.2, -0.15) is 0 Å². The normalized spacial score (nSPS) is 12.2. The molecule has 0 spiro atoms. The molecule has 0 saturated carbocycles. The molecule has 0 aliphatic heterocycles. The van der Waals surface area contributed by atoms with Gasteiger partial charge in [-0.15, -0.1) is 0 Å². The highest BCUT2D eigenvalue weighted by Crippen LogP contribution is 2.19. The van der Waals surface area contributed by atoms with Gasteiger partial charge < -0.3 is 10.0 Å². The summed E-state index contributed by atoms with van der Waals surface area (Å²) < 4.78 is 0. The molecule has 0 atom stereocenters. The number of benzene rings is 2. The summed E-state index contributed by atoms with van der Waals surface area (Å²) in [4.78, 5) is 4.74. The maximum absolute atomic E-state index is 11.1. The van der Waals surface area contributed by atoms with Gasteiger partial charge in [-0.3, -0.25) is 0 Å². The van der Waals surface area contributed by atoms with Crippen molar-refractivity contribution in [1.29, 1.82) is 0 Å². The molecule has 17 heavy (non-hydrogen) atoms. The van der Waals surface area contributed by atoms with Crippen molar-refractivity contribution < 1.29 is 9.70 Å². The van der Waals surface area contributed by atoms with Gasteiger partial charge in [0, 0.05) is 6.08 Å². The van der Waals surface area contributed by atoms with Crippen molar-refractivity contribution in [3.8, 4) is 0 Å². The number of nitrogens with zero attached hydrogens (tertiary/aromatic N) is 2. The third-order valence-electron chi connectivity index (χ3n) is 2.37. The molecule has 2 aromatic carbocycles. The monoisotopic (exact) mass is 228 g/mol. The van der Waals surface area contributed by atoms with Gasteiger partial charge in [0.2, 0.25) is 11.5 Å². The molecule has 0 heterocycles. The quantitative estimate of drug-likeness (QED) is 0.459. The summed E-state index contributed by atoms with van der Waals surface area (Å²) in [7, 11) is 1.33. The average Bonchev–Trinajstić information content (AvgIpc) is 2.36. The van der Waals surface area contributed by atoms with Crippen molar-refractivity contribution in [3.63, 3.8) is 0 Å². The Balaban J connectivity index is 2.39. The Kier molecular flexibility index (Phi) is 3.35. The van der Waals surface area contributed by atoms with Gasteiger partial charge in [0.1, 0.15) is 7.11 Å². The molecule has 0 aliphatic carbocycles. The lowest BCUT2D eigenvalue weighted by Crippen LogP contribution is -1.88. The van der Waals surface area contributed by atoms with Crippen LogP contribution >= 0.6 is 0 Å². The summed E-state index contributed by atoms with van der Waals surface area (Å²) in [5, 5.41) is 16.5. The van der Waals surface area contributed by atoms with Crippen LogP contribution in [0.2, 0.25) is 0 Å². The van der Waals surface area contributed by atoms with Crippen molar-refractivity contribution in [2.45, 2.75) is 0 Å². The van der Waals surface area contributed by atoms with Gasteiger partial charge in [-0.1, -0.05) is 42.5 Å². The van der Waals surface area contributed by atoms with Crippen LogP contribution in [0.15, 0.2) is 53.9 Å². The molecule has 0 fully saturated rings. The topological polar surface area (TPSA) is 47.7 Å². The van der Waals surface area contributed by atoms with Crippen LogP contribution in [-0.2, 0) is 4.84 Å². The van der Waals surface area contributed by atoms with Gasteiger partial charge in [0.25, 0.3) is 0 Å². The van der Waals surface area contributed by atoms with E-state index in [1.54, 1.807) is 6.08 Å². The summed E-state index contributed by atoms with van der Waals surface area (Å²) in [6.07, 6.45) is 3.02. The van der Waals surface area contributed by atoms with E-state index in [0.29, 0.717) is 4.86 Å². The zero-order valence-corrected chi connectivity index (χ0v) is 9.41. The molecule has 0 bridgehead atoms. The lowest BCUT2D eigenvalue weighted by Gasteiger charge is -2.00. The van der Waals surface area contributed by atoms with Crippen molar-refractivity contribution in [3.05, 3.63) is 59.4 Å². The molecule has 0 aliphatic rings. The summed E-state index contributed by atoms with van der Waals surface area (Å²) in [6.45, 7) is 0. The fraction of sp³-hybridized carbons (Fsp3) is 0.0769. The van der Waals surface area contributed by atoms with E-state index in [2.05, 4.69) is 10.1 Å². The summed E-state index contributed by atoms with van der Waals surface area (Å²) >= 11 is 0. The summed E-state index contributed by atoms with van der Waals surface area (Å²) in [6, 6.07) is 13.9. The largest absolute Gasteiger partial charge is 0.592 e. The fourth-order valence-electron chi connectivity index (χ4n) is 1.65. The van der Waals surface area contributed by atoms with Gasteiger partial charge >= 0.3 is 0 Å². The van der Waals surface area contributed by atoms with Crippen molar-refractivity contribution >= 4 is 16.8 Å². The maximum atomic E-state index is 11.1. The minimum atomic E-state index is 0.377. The Labute approximate surface area is 99.0 Å². The van der Waals surface area contributed by atoms with E-state index in [0.717, 1.165) is 16.3 Å². The van der Waals surface area contributed by atoms with Crippen molar-refractivity contribution in [1.82, 2.24) is 0 Å².